The van der Waals surface area contributed by atoms with Crippen LogP contribution in [0.5, 0.6) is 0 Å². The van der Waals surface area contributed by atoms with Crippen LogP contribution in [-0.4, -0.2) is 0 Å². The summed E-state index contributed by atoms with van der Waals surface area (Å²) in [7, 11) is 0. The van der Waals surface area contributed by atoms with Crippen molar-refractivity contribution in [1.29, 1.82) is 0 Å². The summed E-state index contributed by atoms with van der Waals surface area (Å²) in [5, 5.41) is 2.19. The summed E-state index contributed by atoms with van der Waals surface area (Å²) < 4.78 is 0. The van der Waals surface area contributed by atoms with Gasteiger partial charge in [-0.05, 0) is 30.2 Å². The van der Waals surface area contributed by atoms with Crippen LogP contribution >= 0.6 is 11.3 Å². The van der Waals surface area contributed by atoms with E-state index < -0.39 is 0 Å². The first-order valence-corrected chi connectivity index (χ1v) is 7.35. The molecule has 0 amide bonds. The number of unbranched alkanes of at least 4 members (excludes halogenated alkanes) is 1. The predicted molar refractivity (Wildman–Crippen MR) is 68.4 cm³/mol. The van der Waals surface area contributed by atoms with E-state index in [1.807, 2.05) is 11.3 Å². The van der Waals surface area contributed by atoms with E-state index in [0.717, 1.165) is 5.92 Å². The smallest absolute Gasteiger partial charge is 0.00452 e. The molecule has 1 aliphatic carbocycles. The van der Waals surface area contributed by atoms with E-state index in [0.29, 0.717) is 0 Å². The van der Waals surface area contributed by atoms with Crippen LogP contribution in [0.4, 0.5) is 0 Å². The molecule has 1 aliphatic rings. The molecular formula is C14H22S. The molecule has 0 atom stereocenters. The maximum Gasteiger partial charge on any atom is 0.00452 e. The minimum atomic E-state index is 1.07. The molecule has 15 heavy (non-hydrogen) atoms. The molecule has 1 saturated carbocycles. The van der Waals surface area contributed by atoms with Crippen molar-refractivity contribution >= 4 is 11.3 Å². The van der Waals surface area contributed by atoms with Gasteiger partial charge in [-0.15, -0.1) is 11.3 Å². The summed E-state index contributed by atoms with van der Waals surface area (Å²) in [6.07, 6.45) is 13.2. The van der Waals surface area contributed by atoms with Crippen LogP contribution in [0.1, 0.15) is 56.2 Å². The Hall–Kier alpha value is -0.300. The van der Waals surface area contributed by atoms with Crippen LogP contribution in [0.2, 0.25) is 0 Å². The van der Waals surface area contributed by atoms with Gasteiger partial charge in [0.15, 0.2) is 0 Å². The summed E-state index contributed by atoms with van der Waals surface area (Å²) >= 11 is 1.91. The van der Waals surface area contributed by atoms with Crippen molar-refractivity contribution in [2.75, 3.05) is 0 Å². The minimum absolute atomic E-state index is 1.07. The van der Waals surface area contributed by atoms with Crippen LogP contribution in [-0.2, 0) is 6.42 Å². The molecule has 1 aromatic rings. The Morgan fingerprint density at radius 3 is 2.73 bits per heavy atom. The van der Waals surface area contributed by atoms with Crippen LogP contribution in [0.25, 0.3) is 0 Å². The van der Waals surface area contributed by atoms with Crippen LogP contribution < -0.4 is 0 Å². The van der Waals surface area contributed by atoms with Gasteiger partial charge in [0, 0.05) is 4.88 Å². The molecule has 0 aromatic carbocycles. The van der Waals surface area contributed by atoms with Gasteiger partial charge in [0.25, 0.3) is 0 Å². The van der Waals surface area contributed by atoms with Crippen molar-refractivity contribution in [3.8, 4) is 0 Å². The zero-order valence-electron chi connectivity index (χ0n) is 9.58. The van der Waals surface area contributed by atoms with Crippen LogP contribution in [0, 0.1) is 5.92 Å². The molecule has 1 heterocycles. The lowest BCUT2D eigenvalue weighted by molar-refractivity contribution is 0.330. The lowest BCUT2D eigenvalue weighted by Gasteiger charge is -2.21. The molecule has 1 fully saturated rings. The molecule has 1 heteroatoms. The Morgan fingerprint density at radius 2 is 2.00 bits per heavy atom. The Balaban J connectivity index is 1.54. The Kier molecular flexibility index (Phi) is 4.72. The largest absolute Gasteiger partial charge is 0.149 e. The van der Waals surface area contributed by atoms with Crippen molar-refractivity contribution in [2.45, 2.75) is 57.8 Å². The van der Waals surface area contributed by atoms with Gasteiger partial charge in [0.05, 0.1) is 0 Å². The van der Waals surface area contributed by atoms with Gasteiger partial charge in [-0.1, -0.05) is 51.0 Å². The average molecular weight is 222 g/mol. The first kappa shape index (κ1) is 11.2. The number of hydrogen-bond donors (Lipinski definition) is 0. The van der Waals surface area contributed by atoms with Gasteiger partial charge in [0.1, 0.15) is 0 Å². The maximum atomic E-state index is 2.27. The van der Waals surface area contributed by atoms with Crippen LogP contribution in [0.3, 0.4) is 0 Å². The van der Waals surface area contributed by atoms with E-state index in [1.54, 1.807) is 4.88 Å². The molecule has 84 valence electrons. The highest BCUT2D eigenvalue weighted by atomic mass is 32.1. The van der Waals surface area contributed by atoms with Gasteiger partial charge >= 0.3 is 0 Å². The maximum absolute atomic E-state index is 2.27. The minimum Gasteiger partial charge on any atom is -0.149 e. The SMILES string of the molecule is c1csc(CCCCC2CCCCC2)c1. The summed E-state index contributed by atoms with van der Waals surface area (Å²) in [6, 6.07) is 4.44. The zero-order chi connectivity index (χ0) is 10.3. The van der Waals surface area contributed by atoms with Crippen molar-refractivity contribution in [3.63, 3.8) is 0 Å². The quantitative estimate of drug-likeness (QED) is 0.612. The summed E-state index contributed by atoms with van der Waals surface area (Å²) in [5.41, 5.74) is 0. The lowest BCUT2D eigenvalue weighted by atomic mass is 9.85. The third kappa shape index (κ3) is 3.98. The molecule has 0 unspecified atom stereocenters. The molecule has 0 bridgehead atoms. The second kappa shape index (κ2) is 6.32. The number of thiophene rings is 1. The van der Waals surface area contributed by atoms with E-state index in [4.69, 9.17) is 0 Å². The summed E-state index contributed by atoms with van der Waals surface area (Å²) in [4.78, 5) is 1.57. The van der Waals surface area contributed by atoms with Crippen molar-refractivity contribution in [1.82, 2.24) is 0 Å². The molecule has 1 aromatic heterocycles. The molecule has 0 radical (unpaired) electrons. The number of hydrogen-bond acceptors (Lipinski definition) is 1. The average Bonchev–Trinajstić information content (AvgIpc) is 2.79. The molecule has 0 N–H and O–H groups in total. The van der Waals surface area contributed by atoms with Crippen LogP contribution in [0.15, 0.2) is 17.5 Å². The van der Waals surface area contributed by atoms with E-state index in [-0.39, 0.29) is 0 Å². The van der Waals surface area contributed by atoms with Gasteiger partial charge in [-0.3, -0.25) is 0 Å². The highest BCUT2D eigenvalue weighted by Crippen LogP contribution is 2.28. The monoisotopic (exact) mass is 222 g/mol. The van der Waals surface area contributed by atoms with E-state index in [9.17, 15) is 0 Å². The fourth-order valence-electron chi connectivity index (χ4n) is 2.66. The van der Waals surface area contributed by atoms with Gasteiger partial charge in [-0.25, -0.2) is 0 Å². The van der Waals surface area contributed by atoms with Gasteiger partial charge < -0.3 is 0 Å². The highest BCUT2D eigenvalue weighted by Gasteiger charge is 2.12. The summed E-state index contributed by atoms with van der Waals surface area (Å²) in [6.45, 7) is 0. The van der Waals surface area contributed by atoms with E-state index in [2.05, 4.69) is 17.5 Å². The van der Waals surface area contributed by atoms with Gasteiger partial charge in [-0.2, -0.15) is 0 Å². The summed E-state index contributed by atoms with van der Waals surface area (Å²) in [5.74, 6) is 1.07. The molecular weight excluding hydrogens is 200 g/mol. The first-order valence-electron chi connectivity index (χ1n) is 6.47. The number of rotatable bonds is 5. The second-order valence-corrected chi connectivity index (χ2v) is 5.86. The van der Waals surface area contributed by atoms with E-state index in [1.165, 1.54) is 57.8 Å². The Labute approximate surface area is 97.7 Å². The van der Waals surface area contributed by atoms with Crippen molar-refractivity contribution in [2.24, 2.45) is 5.92 Å². The fourth-order valence-corrected chi connectivity index (χ4v) is 3.41. The Morgan fingerprint density at radius 1 is 1.13 bits per heavy atom. The lowest BCUT2D eigenvalue weighted by Crippen LogP contribution is -2.05. The van der Waals surface area contributed by atoms with Gasteiger partial charge in [0.2, 0.25) is 0 Å². The highest BCUT2D eigenvalue weighted by molar-refractivity contribution is 7.09. The van der Waals surface area contributed by atoms with E-state index >= 15 is 0 Å². The standard InChI is InChI=1S/C14H22S/c1-2-7-13(8-3-1)9-4-5-10-14-11-6-12-15-14/h6,11-13H,1-5,7-10H2. The van der Waals surface area contributed by atoms with Crippen molar-refractivity contribution in [3.05, 3.63) is 22.4 Å². The third-order valence-electron chi connectivity index (χ3n) is 3.59. The number of aryl methyl sites for hydroxylation is 1. The fraction of sp³-hybridized carbons (Fsp3) is 0.714. The molecule has 0 saturated heterocycles. The molecule has 0 spiro atoms. The normalized spacial score (nSPS) is 18.1. The predicted octanol–water partition coefficient (Wildman–Crippen LogP) is 5.04. The Bertz CT molecular complexity index is 244. The zero-order valence-corrected chi connectivity index (χ0v) is 10.4. The first-order chi connectivity index (χ1) is 7.45. The topological polar surface area (TPSA) is 0 Å². The molecule has 0 nitrogen and oxygen atoms in total. The van der Waals surface area contributed by atoms with Crippen molar-refractivity contribution < 1.29 is 0 Å². The third-order valence-corrected chi connectivity index (χ3v) is 4.53. The molecule has 0 aliphatic heterocycles. The molecule has 2 rings (SSSR count). The second-order valence-electron chi connectivity index (χ2n) is 4.83.